The van der Waals surface area contributed by atoms with Crippen molar-refractivity contribution in [1.82, 2.24) is 5.32 Å². The Morgan fingerprint density at radius 1 is 1.19 bits per heavy atom. The van der Waals surface area contributed by atoms with Gasteiger partial charge >= 0.3 is 5.97 Å². The average molecular weight is 356 g/mol. The normalized spacial score (nSPS) is 10.5. The maximum atomic E-state index is 11.4. The molecule has 0 saturated heterocycles. The van der Waals surface area contributed by atoms with E-state index in [0.717, 1.165) is 5.56 Å². The Morgan fingerprint density at radius 2 is 1.92 bits per heavy atom. The van der Waals surface area contributed by atoms with Gasteiger partial charge in [-0.25, -0.2) is 0 Å². The summed E-state index contributed by atoms with van der Waals surface area (Å²) >= 11 is 0. The van der Waals surface area contributed by atoms with E-state index in [1.165, 1.54) is 18.2 Å². The van der Waals surface area contributed by atoms with Gasteiger partial charge in [0.25, 0.3) is 5.69 Å². The number of carbonyl (C=O) groups excluding carboxylic acids is 1. The van der Waals surface area contributed by atoms with Crippen LogP contribution in [0.5, 0.6) is 5.75 Å². The Bertz CT molecular complexity index is 830. The van der Waals surface area contributed by atoms with E-state index in [1.54, 1.807) is 42.5 Å². The lowest BCUT2D eigenvalue weighted by molar-refractivity contribution is -0.384. The molecule has 0 aromatic heterocycles. The van der Waals surface area contributed by atoms with E-state index in [9.17, 15) is 19.7 Å². The number of benzene rings is 2. The van der Waals surface area contributed by atoms with Crippen molar-refractivity contribution in [2.24, 2.45) is 0 Å². The van der Waals surface area contributed by atoms with Crippen LogP contribution in [-0.4, -0.2) is 28.5 Å². The number of aliphatic carboxylic acids is 1. The number of hydrogen-bond acceptors (Lipinski definition) is 5. The second kappa shape index (κ2) is 8.97. The fourth-order valence-corrected chi connectivity index (χ4v) is 2.00. The van der Waals surface area contributed by atoms with E-state index in [4.69, 9.17) is 9.84 Å². The number of carboxylic acid groups (broad SMARTS) is 1. The van der Waals surface area contributed by atoms with Gasteiger partial charge in [0.1, 0.15) is 18.9 Å². The fourth-order valence-electron chi connectivity index (χ4n) is 2.00. The third-order valence-electron chi connectivity index (χ3n) is 3.25. The van der Waals surface area contributed by atoms with Crippen LogP contribution >= 0.6 is 0 Å². The van der Waals surface area contributed by atoms with Crippen molar-refractivity contribution >= 4 is 23.6 Å². The third-order valence-corrected chi connectivity index (χ3v) is 3.25. The molecule has 8 nitrogen and oxygen atoms in total. The maximum absolute atomic E-state index is 11.4. The molecule has 0 saturated carbocycles. The number of rotatable bonds is 8. The second-order valence-corrected chi connectivity index (χ2v) is 5.23. The van der Waals surface area contributed by atoms with E-state index in [0.29, 0.717) is 11.3 Å². The van der Waals surface area contributed by atoms with Crippen LogP contribution < -0.4 is 10.1 Å². The smallest absolute Gasteiger partial charge is 0.322 e. The van der Waals surface area contributed by atoms with Crippen LogP contribution in [0.1, 0.15) is 11.1 Å². The number of carboxylic acids is 1. The SMILES string of the molecule is O=C(O)CNC(=O)/C=C/c1ccc(OCc2cccc([N+](=O)[O-])c2)cc1. The Labute approximate surface area is 148 Å². The van der Waals surface area contributed by atoms with Crippen LogP contribution in [0.15, 0.2) is 54.6 Å². The summed E-state index contributed by atoms with van der Waals surface area (Å²) in [7, 11) is 0. The van der Waals surface area contributed by atoms with E-state index in [-0.39, 0.29) is 12.3 Å². The number of carbonyl (C=O) groups is 2. The number of hydrogen-bond donors (Lipinski definition) is 2. The zero-order valence-corrected chi connectivity index (χ0v) is 13.6. The van der Waals surface area contributed by atoms with E-state index >= 15 is 0 Å². The largest absolute Gasteiger partial charge is 0.489 e. The first-order valence-electron chi connectivity index (χ1n) is 7.58. The molecule has 0 aliphatic heterocycles. The molecule has 2 aromatic rings. The van der Waals surface area contributed by atoms with Gasteiger partial charge < -0.3 is 15.2 Å². The van der Waals surface area contributed by atoms with E-state index < -0.39 is 23.3 Å². The Kier molecular flexibility index (Phi) is 6.44. The summed E-state index contributed by atoms with van der Waals surface area (Å²) in [6.07, 6.45) is 2.78. The third kappa shape index (κ3) is 6.08. The highest BCUT2D eigenvalue weighted by Crippen LogP contribution is 2.17. The monoisotopic (exact) mass is 356 g/mol. The molecule has 2 rings (SSSR count). The van der Waals surface area contributed by atoms with Crippen molar-refractivity contribution in [2.75, 3.05) is 6.54 Å². The highest BCUT2D eigenvalue weighted by Gasteiger charge is 2.06. The van der Waals surface area contributed by atoms with E-state index in [1.807, 2.05) is 0 Å². The first-order valence-corrected chi connectivity index (χ1v) is 7.58. The van der Waals surface area contributed by atoms with Gasteiger partial charge in [0.2, 0.25) is 5.91 Å². The minimum absolute atomic E-state index is 0.00718. The number of amides is 1. The molecular formula is C18H16N2O6. The van der Waals surface area contributed by atoms with Gasteiger partial charge in [-0.05, 0) is 29.3 Å². The Morgan fingerprint density at radius 3 is 2.58 bits per heavy atom. The van der Waals surface area contributed by atoms with Crippen LogP contribution in [0, 0.1) is 10.1 Å². The standard InChI is InChI=1S/C18H16N2O6/c21-17(19-11-18(22)23)9-6-13-4-7-16(8-5-13)26-12-14-2-1-3-15(10-14)20(24)25/h1-10H,11-12H2,(H,19,21)(H,22,23)/b9-6+. The molecule has 8 heteroatoms. The average Bonchev–Trinajstić information content (AvgIpc) is 2.64. The van der Waals surface area contributed by atoms with Gasteiger partial charge in [0, 0.05) is 18.2 Å². The molecule has 0 aliphatic rings. The van der Waals surface area contributed by atoms with Crippen LogP contribution in [-0.2, 0) is 16.2 Å². The van der Waals surface area contributed by atoms with Crippen LogP contribution in [0.25, 0.3) is 6.08 Å². The summed E-state index contributed by atoms with van der Waals surface area (Å²) in [5.41, 5.74) is 1.42. The van der Waals surface area contributed by atoms with Crippen molar-refractivity contribution in [2.45, 2.75) is 6.61 Å². The summed E-state index contributed by atoms with van der Waals surface area (Å²) < 4.78 is 5.58. The lowest BCUT2D eigenvalue weighted by atomic mass is 10.2. The van der Waals surface area contributed by atoms with Crippen LogP contribution in [0.4, 0.5) is 5.69 Å². The van der Waals surface area contributed by atoms with Gasteiger partial charge in [0.05, 0.1) is 4.92 Å². The summed E-state index contributed by atoms with van der Waals surface area (Å²) in [6.45, 7) is -0.248. The highest BCUT2D eigenvalue weighted by molar-refractivity contribution is 5.93. The zero-order chi connectivity index (χ0) is 18.9. The summed E-state index contributed by atoms with van der Waals surface area (Å²) in [4.78, 5) is 32.0. The predicted molar refractivity (Wildman–Crippen MR) is 93.5 cm³/mol. The van der Waals surface area contributed by atoms with Gasteiger partial charge in [0.15, 0.2) is 0 Å². The number of non-ortho nitro benzene ring substituents is 1. The lowest BCUT2D eigenvalue weighted by Gasteiger charge is -2.06. The van der Waals surface area contributed by atoms with Gasteiger partial charge in [-0.15, -0.1) is 0 Å². The quantitative estimate of drug-likeness (QED) is 0.426. The number of nitro benzene ring substituents is 1. The predicted octanol–water partition coefficient (Wildman–Crippen LogP) is 2.39. The minimum Gasteiger partial charge on any atom is -0.489 e. The molecule has 0 spiro atoms. The Balaban J connectivity index is 1.89. The molecule has 0 unspecified atom stereocenters. The number of nitrogens with one attached hydrogen (secondary N) is 1. The molecule has 1 amide bonds. The number of nitro groups is 1. The van der Waals surface area contributed by atoms with Gasteiger partial charge in [-0.2, -0.15) is 0 Å². The minimum atomic E-state index is -1.11. The number of nitrogens with zero attached hydrogens (tertiary/aromatic N) is 1. The molecule has 26 heavy (non-hydrogen) atoms. The zero-order valence-electron chi connectivity index (χ0n) is 13.6. The van der Waals surface area contributed by atoms with Crippen molar-refractivity contribution in [3.8, 4) is 5.75 Å². The Hall–Kier alpha value is -3.68. The van der Waals surface area contributed by atoms with Gasteiger partial charge in [-0.1, -0.05) is 24.3 Å². The first kappa shape index (κ1) is 18.7. The second-order valence-electron chi connectivity index (χ2n) is 5.23. The molecule has 0 heterocycles. The number of ether oxygens (including phenoxy) is 1. The molecule has 0 fully saturated rings. The first-order chi connectivity index (χ1) is 12.4. The molecular weight excluding hydrogens is 340 g/mol. The van der Waals surface area contributed by atoms with Crippen molar-refractivity contribution < 1.29 is 24.4 Å². The lowest BCUT2D eigenvalue weighted by Crippen LogP contribution is -2.27. The van der Waals surface area contributed by atoms with Gasteiger partial charge in [-0.3, -0.25) is 19.7 Å². The fraction of sp³-hybridized carbons (Fsp3) is 0.111. The van der Waals surface area contributed by atoms with Crippen molar-refractivity contribution in [1.29, 1.82) is 0 Å². The van der Waals surface area contributed by atoms with Crippen LogP contribution in [0.2, 0.25) is 0 Å². The van der Waals surface area contributed by atoms with Crippen LogP contribution in [0.3, 0.4) is 0 Å². The molecule has 0 aliphatic carbocycles. The highest BCUT2D eigenvalue weighted by atomic mass is 16.6. The molecule has 2 N–H and O–H groups in total. The van der Waals surface area contributed by atoms with Crippen molar-refractivity contribution in [3.63, 3.8) is 0 Å². The molecule has 134 valence electrons. The summed E-state index contributed by atoms with van der Waals surface area (Å²) in [5, 5.41) is 21.4. The molecule has 0 atom stereocenters. The van der Waals surface area contributed by atoms with Crippen molar-refractivity contribution in [3.05, 3.63) is 75.8 Å². The molecule has 0 radical (unpaired) electrons. The summed E-state index contributed by atoms with van der Waals surface area (Å²) in [5.74, 6) is -1.04. The topological polar surface area (TPSA) is 119 Å². The maximum Gasteiger partial charge on any atom is 0.322 e. The van der Waals surface area contributed by atoms with E-state index in [2.05, 4.69) is 5.32 Å². The molecule has 0 bridgehead atoms. The summed E-state index contributed by atoms with van der Waals surface area (Å²) in [6, 6.07) is 13.1. The molecule has 2 aromatic carbocycles.